The quantitative estimate of drug-likeness (QED) is 0.0195. The first-order chi connectivity index (χ1) is 41.6. The predicted octanol–water partition coefficient (Wildman–Crippen LogP) is 18.9. The molecule has 0 aromatic carbocycles. The van der Waals surface area contributed by atoms with Crippen LogP contribution in [-0.4, -0.2) is 82.3 Å². The van der Waals surface area contributed by atoms with E-state index in [4.69, 9.17) is 18.9 Å². The summed E-state index contributed by atoms with van der Waals surface area (Å²) >= 11 is 0. The molecule has 0 saturated carbocycles. The lowest BCUT2D eigenvalue weighted by molar-refractivity contribution is -0.870. The highest BCUT2D eigenvalue weighted by Crippen LogP contribution is 2.13. The lowest BCUT2D eigenvalue weighted by Gasteiger charge is -2.26. The molecule has 0 aliphatic heterocycles. The van der Waals surface area contributed by atoms with Crippen LogP contribution in [0.1, 0.15) is 206 Å². The Morgan fingerprint density at radius 2 is 0.635 bits per heavy atom. The first kappa shape index (κ1) is 79.1. The number of quaternary nitrogens is 1. The van der Waals surface area contributed by atoms with Crippen LogP contribution in [0.25, 0.3) is 0 Å². The molecule has 2 atom stereocenters. The molecule has 9 heteroatoms. The van der Waals surface area contributed by atoms with E-state index in [0.29, 0.717) is 23.9 Å². The molecule has 0 rings (SSSR count). The zero-order valence-electron chi connectivity index (χ0n) is 53.9. The first-order valence-corrected chi connectivity index (χ1v) is 32.6. The van der Waals surface area contributed by atoms with Crippen molar-refractivity contribution in [1.82, 2.24) is 0 Å². The van der Waals surface area contributed by atoms with Crippen molar-refractivity contribution < 1.29 is 42.9 Å². The van der Waals surface area contributed by atoms with Crippen molar-refractivity contribution in [1.29, 1.82) is 0 Å². The van der Waals surface area contributed by atoms with Crippen LogP contribution in [0, 0.1) is 0 Å². The fraction of sp³-hybridized carbons (Fsp3) is 0.539. The van der Waals surface area contributed by atoms with Crippen LogP contribution in [0.3, 0.4) is 0 Å². The molecule has 85 heavy (non-hydrogen) atoms. The van der Waals surface area contributed by atoms with E-state index in [1.54, 1.807) is 0 Å². The van der Waals surface area contributed by atoms with Crippen LogP contribution >= 0.6 is 0 Å². The molecule has 0 aliphatic carbocycles. The summed E-state index contributed by atoms with van der Waals surface area (Å²) in [6, 6.07) is 0. The molecular formula is C76H117NO8. The van der Waals surface area contributed by atoms with Gasteiger partial charge in [-0.25, -0.2) is 0 Å². The summed E-state index contributed by atoms with van der Waals surface area (Å²) in [5.74, 6) is -2.38. The number of carboxylic acids is 1. The minimum atomic E-state index is -1.65. The number of carbonyl (C=O) groups is 3. The largest absolute Gasteiger partial charge is 0.545 e. The molecule has 0 spiro atoms. The number of nitrogens with zero attached hydrogens (tertiary/aromatic N) is 1. The fourth-order valence-corrected chi connectivity index (χ4v) is 7.92. The van der Waals surface area contributed by atoms with Gasteiger partial charge >= 0.3 is 11.9 Å². The number of ether oxygens (including phenoxy) is 4. The molecule has 9 nitrogen and oxygen atoms in total. The van der Waals surface area contributed by atoms with Crippen LogP contribution in [0.4, 0.5) is 0 Å². The normalized spacial score (nSPS) is 14.0. The molecule has 0 aromatic rings. The van der Waals surface area contributed by atoms with Gasteiger partial charge in [-0.1, -0.05) is 247 Å². The van der Waals surface area contributed by atoms with Gasteiger partial charge in [0.25, 0.3) is 0 Å². The smallest absolute Gasteiger partial charge is 0.306 e. The molecule has 0 amide bonds. The molecule has 0 N–H and O–H groups in total. The SMILES string of the molecule is CC/C=C\C/C=C\C/C=C\C/C=C\C/C=C\C/C=C\C/C=C\C/C=C\C/C=C\C/C=C\CCCCCCCCCCC(=O)OC(COC(=O)CCCC/C=C\C/C=C\C/C=C\C/C=C\C/C=C\C/C=C\CC)COC(OCC[N+](C)(C)C)C(=O)[O-]. The summed E-state index contributed by atoms with van der Waals surface area (Å²) in [4.78, 5) is 37.4. The highest BCUT2D eigenvalue weighted by atomic mass is 16.7. The Hall–Kier alpha value is -5.87. The van der Waals surface area contributed by atoms with E-state index in [2.05, 4.69) is 208 Å². The molecule has 2 unspecified atom stereocenters. The number of carbonyl (C=O) groups excluding carboxylic acids is 3. The maximum Gasteiger partial charge on any atom is 0.306 e. The Morgan fingerprint density at radius 1 is 0.353 bits per heavy atom. The van der Waals surface area contributed by atoms with Crippen LogP contribution < -0.4 is 5.11 Å². The van der Waals surface area contributed by atoms with Gasteiger partial charge in [-0.05, 0) is 141 Å². The van der Waals surface area contributed by atoms with Gasteiger partial charge in [0.05, 0.1) is 40.3 Å². The highest BCUT2D eigenvalue weighted by Gasteiger charge is 2.22. The molecule has 0 radical (unpaired) electrons. The van der Waals surface area contributed by atoms with E-state index >= 15 is 0 Å². The van der Waals surface area contributed by atoms with Crippen molar-refractivity contribution in [2.45, 2.75) is 219 Å². The summed E-state index contributed by atoms with van der Waals surface area (Å²) in [5, 5.41) is 11.8. The third-order valence-corrected chi connectivity index (χ3v) is 12.8. The second-order valence-electron chi connectivity index (χ2n) is 21.9. The number of hydrogen-bond donors (Lipinski definition) is 0. The third kappa shape index (κ3) is 65.5. The monoisotopic (exact) mass is 1170 g/mol. The van der Waals surface area contributed by atoms with Gasteiger partial charge in [-0.2, -0.15) is 0 Å². The summed E-state index contributed by atoms with van der Waals surface area (Å²) in [7, 11) is 5.89. The Balaban J connectivity index is 4.28. The van der Waals surface area contributed by atoms with Gasteiger partial charge in [0.2, 0.25) is 0 Å². The average molecular weight is 1170 g/mol. The number of allylic oxidation sites excluding steroid dienone is 32. The number of likely N-dealkylation sites (N-methyl/N-ethyl adjacent to an activating group) is 1. The minimum absolute atomic E-state index is 0.127. The van der Waals surface area contributed by atoms with Crippen molar-refractivity contribution in [2.24, 2.45) is 0 Å². The number of hydrogen-bond acceptors (Lipinski definition) is 8. The topological polar surface area (TPSA) is 111 Å². The summed E-state index contributed by atoms with van der Waals surface area (Å²) in [6.45, 7) is 4.42. The summed E-state index contributed by atoms with van der Waals surface area (Å²) in [5.41, 5.74) is 0. The zero-order valence-corrected chi connectivity index (χ0v) is 53.9. The van der Waals surface area contributed by atoms with Gasteiger partial charge < -0.3 is 33.3 Å². The number of rotatable bonds is 57. The van der Waals surface area contributed by atoms with Crippen molar-refractivity contribution in [3.63, 3.8) is 0 Å². The molecule has 0 aromatic heterocycles. The van der Waals surface area contributed by atoms with E-state index in [9.17, 15) is 19.5 Å². The van der Waals surface area contributed by atoms with Crippen LogP contribution in [0.2, 0.25) is 0 Å². The average Bonchev–Trinajstić information content (AvgIpc) is 3.49. The highest BCUT2D eigenvalue weighted by molar-refractivity contribution is 5.70. The molecule has 0 bridgehead atoms. The van der Waals surface area contributed by atoms with Gasteiger partial charge in [0.15, 0.2) is 12.4 Å². The number of carboxylic acid groups (broad SMARTS) is 1. The van der Waals surface area contributed by atoms with E-state index in [1.165, 1.54) is 25.7 Å². The van der Waals surface area contributed by atoms with E-state index < -0.39 is 30.3 Å². The predicted molar refractivity (Wildman–Crippen MR) is 361 cm³/mol. The third-order valence-electron chi connectivity index (χ3n) is 12.8. The molecule has 0 heterocycles. The maximum absolute atomic E-state index is 12.9. The van der Waals surface area contributed by atoms with Gasteiger partial charge in [0, 0.05) is 12.8 Å². The van der Waals surface area contributed by atoms with Crippen LogP contribution in [0.15, 0.2) is 194 Å². The van der Waals surface area contributed by atoms with Crippen molar-refractivity contribution in [3.8, 4) is 0 Å². The van der Waals surface area contributed by atoms with Crippen molar-refractivity contribution >= 4 is 17.9 Å². The molecule has 0 aliphatic rings. The first-order valence-electron chi connectivity index (χ1n) is 32.6. The van der Waals surface area contributed by atoms with Gasteiger partial charge in [-0.3, -0.25) is 9.59 Å². The Morgan fingerprint density at radius 3 is 0.965 bits per heavy atom. The van der Waals surface area contributed by atoms with Gasteiger partial charge in [0.1, 0.15) is 13.2 Å². The van der Waals surface area contributed by atoms with Crippen LogP contribution in [-0.2, 0) is 33.3 Å². The minimum Gasteiger partial charge on any atom is -0.545 e. The fourth-order valence-electron chi connectivity index (χ4n) is 7.92. The van der Waals surface area contributed by atoms with E-state index in [0.717, 1.165) is 141 Å². The number of unbranched alkanes of at least 4 members (excludes halogenated alkanes) is 10. The standard InChI is InChI=1S/C76H117NO8/c1-6-8-10-12-14-16-18-20-22-24-26-28-29-30-31-32-33-34-35-36-37-38-39-40-41-42-43-44-45-47-49-51-53-55-57-59-61-63-65-67-74(79)85-72(71-84-76(75(80)81)82-69-68-77(3,4)5)70-83-73(78)66-64-62-60-58-56-54-52-50-48-46-27-25-23-21-19-17-15-13-11-9-7-2/h8-11,14-17,20-23,26-28,30-31,33-34,36-37,39-40,42-43,45-47,50,52,56,58,72,76H,6-7,12-13,18-19,24-25,29,32,35,38,41,44,48-49,51,53-55,57,59-71H2,1-5H3/b10-8-,11-9-,16-14-,17-15-,22-20-,23-21-,28-26-,31-30-,34-33-,37-36-,40-39-,43-42-,46-27-,47-45-,52-50-,58-56-. The van der Waals surface area contributed by atoms with E-state index in [-0.39, 0.29) is 32.7 Å². The van der Waals surface area contributed by atoms with Crippen molar-refractivity contribution in [3.05, 3.63) is 194 Å². The summed E-state index contributed by atoms with van der Waals surface area (Å²) in [6.07, 6.45) is 96.4. The maximum atomic E-state index is 12.9. The Labute approximate surface area is 519 Å². The van der Waals surface area contributed by atoms with E-state index in [1.807, 2.05) is 21.1 Å². The molecular weight excluding hydrogens is 1050 g/mol. The Bertz CT molecular complexity index is 2090. The zero-order chi connectivity index (χ0) is 61.9. The molecule has 0 fully saturated rings. The Kier molecular flexibility index (Phi) is 59.7. The molecule has 0 saturated heterocycles. The number of esters is 2. The number of aliphatic carboxylic acids is 1. The van der Waals surface area contributed by atoms with Gasteiger partial charge in [-0.15, -0.1) is 0 Å². The molecule has 474 valence electrons. The lowest BCUT2D eigenvalue weighted by atomic mass is 10.1. The second kappa shape index (κ2) is 64.1. The van der Waals surface area contributed by atoms with Crippen molar-refractivity contribution in [2.75, 3.05) is 47.5 Å². The summed E-state index contributed by atoms with van der Waals surface area (Å²) < 4.78 is 22.7. The second-order valence-corrected chi connectivity index (χ2v) is 21.9. The lowest BCUT2D eigenvalue weighted by Crippen LogP contribution is -2.44. The van der Waals surface area contributed by atoms with Crippen LogP contribution in [0.5, 0.6) is 0 Å².